The fourth-order valence-electron chi connectivity index (χ4n) is 1.90. The molecule has 0 aliphatic heterocycles. The van der Waals surface area contributed by atoms with Crippen LogP contribution in [0.15, 0.2) is 48.5 Å². The van der Waals surface area contributed by atoms with Crippen molar-refractivity contribution in [3.05, 3.63) is 54.3 Å². The molecule has 0 fully saturated rings. The molecular weight excluding hydrogens is 329 g/mol. The van der Waals surface area contributed by atoms with Crippen molar-refractivity contribution in [2.45, 2.75) is 13.0 Å². The fourth-order valence-corrected chi connectivity index (χ4v) is 1.90. The summed E-state index contributed by atoms with van der Waals surface area (Å²) < 4.78 is 28.7. The first-order valence-electron chi connectivity index (χ1n) is 7.51. The summed E-state index contributed by atoms with van der Waals surface area (Å²) in [6.07, 6.45) is -1.09. The van der Waals surface area contributed by atoms with E-state index in [4.69, 9.17) is 14.2 Å². The van der Waals surface area contributed by atoms with Gasteiger partial charge in [-0.15, -0.1) is 0 Å². The number of hydrogen-bond acceptors (Lipinski definition) is 5. The molecule has 0 radical (unpaired) electrons. The zero-order chi connectivity index (χ0) is 18.2. The average molecular weight is 347 g/mol. The van der Waals surface area contributed by atoms with Crippen molar-refractivity contribution in [2.75, 3.05) is 19.0 Å². The number of esters is 1. The quantitative estimate of drug-likeness (QED) is 0.780. The van der Waals surface area contributed by atoms with Gasteiger partial charge in [-0.05, 0) is 43.3 Å². The monoisotopic (exact) mass is 347 g/mol. The molecule has 0 unspecified atom stereocenters. The van der Waals surface area contributed by atoms with Gasteiger partial charge in [0.25, 0.3) is 5.91 Å². The molecule has 6 nitrogen and oxygen atoms in total. The van der Waals surface area contributed by atoms with Crippen LogP contribution in [0.4, 0.5) is 10.1 Å². The second-order valence-electron chi connectivity index (χ2n) is 5.07. The van der Waals surface area contributed by atoms with Crippen LogP contribution in [0.3, 0.4) is 0 Å². The predicted molar refractivity (Wildman–Crippen MR) is 89.1 cm³/mol. The van der Waals surface area contributed by atoms with Gasteiger partial charge in [-0.3, -0.25) is 4.79 Å². The highest BCUT2D eigenvalue weighted by molar-refractivity contribution is 5.95. The van der Waals surface area contributed by atoms with Gasteiger partial charge < -0.3 is 19.5 Å². The minimum Gasteiger partial charge on any atom is -0.497 e. The molecule has 132 valence electrons. The van der Waals surface area contributed by atoms with E-state index in [0.29, 0.717) is 11.5 Å². The van der Waals surface area contributed by atoms with Crippen molar-refractivity contribution < 1.29 is 28.2 Å². The van der Waals surface area contributed by atoms with Crippen LogP contribution in [0.5, 0.6) is 11.5 Å². The van der Waals surface area contributed by atoms with Crippen LogP contribution < -0.4 is 14.8 Å². The molecule has 0 heterocycles. The van der Waals surface area contributed by atoms with Gasteiger partial charge in [0.05, 0.1) is 12.8 Å². The second kappa shape index (κ2) is 8.68. The van der Waals surface area contributed by atoms with Crippen LogP contribution in [-0.4, -0.2) is 31.7 Å². The van der Waals surface area contributed by atoms with Gasteiger partial charge in [0.2, 0.25) is 0 Å². The molecule has 1 atom stereocenters. The first-order valence-corrected chi connectivity index (χ1v) is 7.51. The summed E-state index contributed by atoms with van der Waals surface area (Å²) in [7, 11) is 1.54. The molecule has 0 saturated carbocycles. The van der Waals surface area contributed by atoms with Gasteiger partial charge in [-0.2, -0.15) is 0 Å². The zero-order valence-corrected chi connectivity index (χ0v) is 13.8. The van der Waals surface area contributed by atoms with Crippen molar-refractivity contribution in [1.29, 1.82) is 0 Å². The van der Waals surface area contributed by atoms with E-state index in [-0.39, 0.29) is 12.3 Å². The summed E-state index contributed by atoms with van der Waals surface area (Å²) in [5.74, 6) is -0.804. The molecule has 0 aromatic heterocycles. The summed E-state index contributed by atoms with van der Waals surface area (Å²) in [5.41, 5.74) is 0.0184. The van der Waals surface area contributed by atoms with Gasteiger partial charge in [-0.25, -0.2) is 9.18 Å². The maximum Gasteiger partial charge on any atom is 0.344 e. The molecule has 25 heavy (non-hydrogen) atoms. The number of ether oxygens (including phenoxy) is 3. The number of amides is 1. The first kappa shape index (κ1) is 18.3. The molecule has 0 spiro atoms. The molecule has 1 N–H and O–H groups in total. The number of hydrogen-bond donors (Lipinski definition) is 1. The summed E-state index contributed by atoms with van der Waals surface area (Å²) in [4.78, 5) is 23.7. The summed E-state index contributed by atoms with van der Waals surface area (Å²) in [6.45, 7) is 1.03. The lowest BCUT2D eigenvalue weighted by molar-refractivity contribution is -0.155. The maximum atomic E-state index is 13.5. The Morgan fingerprint density at radius 1 is 1.08 bits per heavy atom. The highest BCUT2D eigenvalue weighted by Crippen LogP contribution is 2.17. The second-order valence-corrected chi connectivity index (χ2v) is 5.07. The smallest absolute Gasteiger partial charge is 0.344 e. The number of para-hydroxylation sites is 1. The Morgan fingerprint density at radius 2 is 1.72 bits per heavy atom. The zero-order valence-electron chi connectivity index (χ0n) is 13.8. The van der Waals surface area contributed by atoms with Crippen molar-refractivity contribution in [2.24, 2.45) is 0 Å². The number of anilines is 1. The Bertz CT molecular complexity index is 733. The van der Waals surface area contributed by atoms with E-state index in [1.165, 1.54) is 25.1 Å². The third-order valence-corrected chi connectivity index (χ3v) is 3.23. The van der Waals surface area contributed by atoms with Crippen LogP contribution in [0, 0.1) is 5.82 Å². The Balaban J connectivity index is 1.80. The molecular formula is C18H18FNO5. The highest BCUT2D eigenvalue weighted by atomic mass is 19.1. The average Bonchev–Trinajstić information content (AvgIpc) is 2.62. The third-order valence-electron chi connectivity index (χ3n) is 3.23. The molecule has 2 aromatic rings. The minimum absolute atomic E-state index is 0.0184. The number of benzene rings is 2. The maximum absolute atomic E-state index is 13.5. The standard InChI is InChI=1S/C18H18FNO5/c1-12(18(22)20-16-6-4-3-5-15(16)19)25-17(21)11-24-14-9-7-13(23-2)8-10-14/h3-10,12H,11H2,1-2H3,(H,20,22)/t12-/m0/s1. The Hall–Kier alpha value is -3.09. The van der Waals surface area contributed by atoms with Crippen molar-refractivity contribution >= 4 is 17.6 Å². The molecule has 2 aromatic carbocycles. The largest absolute Gasteiger partial charge is 0.497 e. The van der Waals surface area contributed by atoms with E-state index >= 15 is 0 Å². The molecule has 0 aliphatic rings. The van der Waals surface area contributed by atoms with Crippen molar-refractivity contribution in [1.82, 2.24) is 0 Å². The van der Waals surface area contributed by atoms with Crippen LogP contribution in [0.2, 0.25) is 0 Å². The predicted octanol–water partition coefficient (Wildman–Crippen LogP) is 2.78. The first-order chi connectivity index (χ1) is 12.0. The SMILES string of the molecule is COc1ccc(OCC(=O)O[C@@H](C)C(=O)Nc2ccccc2F)cc1. The van der Waals surface area contributed by atoms with Gasteiger partial charge in [0, 0.05) is 0 Å². The topological polar surface area (TPSA) is 73.9 Å². The van der Waals surface area contributed by atoms with Crippen LogP contribution in [0.25, 0.3) is 0 Å². The molecule has 0 saturated heterocycles. The van der Waals surface area contributed by atoms with E-state index in [1.807, 2.05) is 0 Å². The molecule has 7 heteroatoms. The Labute approximate surface area is 144 Å². The van der Waals surface area contributed by atoms with Crippen molar-refractivity contribution in [3.63, 3.8) is 0 Å². The van der Waals surface area contributed by atoms with Crippen LogP contribution in [-0.2, 0) is 14.3 Å². The van der Waals surface area contributed by atoms with Crippen LogP contribution in [0.1, 0.15) is 6.92 Å². The minimum atomic E-state index is -1.09. The molecule has 1 amide bonds. The highest BCUT2D eigenvalue weighted by Gasteiger charge is 2.19. The number of rotatable bonds is 7. The summed E-state index contributed by atoms with van der Waals surface area (Å²) >= 11 is 0. The van der Waals surface area contributed by atoms with Gasteiger partial charge >= 0.3 is 5.97 Å². The molecule has 0 aliphatic carbocycles. The number of carbonyl (C=O) groups is 2. The Morgan fingerprint density at radius 3 is 2.36 bits per heavy atom. The number of carbonyl (C=O) groups excluding carboxylic acids is 2. The number of methoxy groups -OCH3 is 1. The normalized spacial score (nSPS) is 11.3. The Kier molecular flexibility index (Phi) is 6.33. The van der Waals surface area contributed by atoms with Gasteiger partial charge in [0.1, 0.15) is 17.3 Å². The fraction of sp³-hybridized carbons (Fsp3) is 0.222. The number of halogens is 1. The van der Waals surface area contributed by atoms with E-state index in [1.54, 1.807) is 37.4 Å². The number of nitrogens with one attached hydrogen (secondary N) is 1. The lowest BCUT2D eigenvalue weighted by Gasteiger charge is -2.14. The lowest BCUT2D eigenvalue weighted by atomic mass is 10.3. The molecule has 0 bridgehead atoms. The van der Waals surface area contributed by atoms with E-state index < -0.39 is 23.8 Å². The van der Waals surface area contributed by atoms with E-state index in [0.717, 1.165) is 0 Å². The van der Waals surface area contributed by atoms with E-state index in [9.17, 15) is 14.0 Å². The van der Waals surface area contributed by atoms with E-state index in [2.05, 4.69) is 5.32 Å². The lowest BCUT2D eigenvalue weighted by Crippen LogP contribution is -2.31. The summed E-state index contributed by atoms with van der Waals surface area (Å²) in [5, 5.41) is 2.36. The van der Waals surface area contributed by atoms with Gasteiger partial charge in [0.15, 0.2) is 12.7 Å². The summed E-state index contributed by atoms with van der Waals surface area (Å²) in [6, 6.07) is 12.4. The third kappa shape index (κ3) is 5.49. The van der Waals surface area contributed by atoms with Crippen molar-refractivity contribution in [3.8, 4) is 11.5 Å². The van der Waals surface area contributed by atoms with Gasteiger partial charge in [-0.1, -0.05) is 12.1 Å². The van der Waals surface area contributed by atoms with Crippen LogP contribution >= 0.6 is 0 Å². The molecule has 2 rings (SSSR count).